The third-order valence-electron chi connectivity index (χ3n) is 4.86. The van der Waals surface area contributed by atoms with Gasteiger partial charge in [0, 0.05) is 46.0 Å². The van der Waals surface area contributed by atoms with Gasteiger partial charge in [-0.15, -0.1) is 0 Å². The van der Waals surface area contributed by atoms with E-state index in [1.54, 1.807) is 14.2 Å². The average molecular weight is 284 g/mol. The molecule has 0 aliphatic carbocycles. The van der Waals surface area contributed by atoms with Crippen LogP contribution >= 0.6 is 0 Å². The Bertz CT molecular complexity index is 251. The Labute approximate surface area is 124 Å². The van der Waals surface area contributed by atoms with Crippen molar-refractivity contribution >= 4 is 0 Å². The number of nitrogens with one attached hydrogen (secondary N) is 1. The van der Waals surface area contributed by atoms with Gasteiger partial charge in [0.05, 0.1) is 6.61 Å². The zero-order valence-electron chi connectivity index (χ0n) is 13.3. The van der Waals surface area contributed by atoms with Crippen LogP contribution in [0.15, 0.2) is 0 Å². The molecule has 2 saturated heterocycles. The fourth-order valence-electron chi connectivity index (χ4n) is 3.76. The van der Waals surface area contributed by atoms with Crippen molar-refractivity contribution in [3.8, 4) is 0 Å². The van der Waals surface area contributed by atoms with Gasteiger partial charge in [-0.05, 0) is 51.0 Å². The maximum absolute atomic E-state index is 5.23. The molecule has 4 nitrogen and oxygen atoms in total. The lowest BCUT2D eigenvalue weighted by molar-refractivity contribution is 0.125. The summed E-state index contributed by atoms with van der Waals surface area (Å²) in [4.78, 5) is 2.55. The summed E-state index contributed by atoms with van der Waals surface area (Å²) in [6, 6.07) is 1.64. The van der Waals surface area contributed by atoms with Crippen molar-refractivity contribution in [1.82, 2.24) is 10.2 Å². The molecule has 0 spiro atoms. The molecule has 2 fully saturated rings. The summed E-state index contributed by atoms with van der Waals surface area (Å²) in [6.45, 7) is 5.11. The summed E-state index contributed by atoms with van der Waals surface area (Å²) in [6.07, 6.45) is 8.08. The minimum Gasteiger partial charge on any atom is -0.385 e. The minimum absolute atomic E-state index is 0.819. The summed E-state index contributed by atoms with van der Waals surface area (Å²) in [5, 5.41) is 3.73. The molecule has 1 N–H and O–H groups in total. The van der Waals surface area contributed by atoms with Gasteiger partial charge in [-0.3, -0.25) is 0 Å². The number of hydrogen-bond donors (Lipinski definition) is 1. The molecule has 2 rings (SSSR count). The zero-order chi connectivity index (χ0) is 14.2. The summed E-state index contributed by atoms with van der Waals surface area (Å²) in [5.74, 6) is 0.932. The molecule has 4 heteroatoms. The predicted octanol–water partition coefficient (Wildman–Crippen LogP) is 1.89. The van der Waals surface area contributed by atoms with Crippen molar-refractivity contribution in [1.29, 1.82) is 0 Å². The average Bonchev–Trinajstić information content (AvgIpc) is 2.80. The van der Waals surface area contributed by atoms with E-state index in [1.165, 1.54) is 38.6 Å². The van der Waals surface area contributed by atoms with E-state index in [9.17, 15) is 0 Å². The SMILES string of the molecule is COCCCN(CCOC)CCC1CC2CCC(C1)N2. The van der Waals surface area contributed by atoms with Crippen LogP contribution in [-0.4, -0.2) is 64.1 Å². The highest BCUT2D eigenvalue weighted by Crippen LogP contribution is 2.32. The van der Waals surface area contributed by atoms with Gasteiger partial charge in [-0.2, -0.15) is 0 Å². The standard InChI is InChI=1S/C16H32N2O2/c1-19-10-3-7-18(9-11-20-2)8-6-14-12-15-4-5-16(13-14)17-15/h14-17H,3-13H2,1-2H3. The summed E-state index contributed by atoms with van der Waals surface area (Å²) in [5.41, 5.74) is 0. The van der Waals surface area contributed by atoms with E-state index in [1.807, 2.05) is 0 Å². The second kappa shape index (κ2) is 8.98. The van der Waals surface area contributed by atoms with Crippen molar-refractivity contribution in [2.24, 2.45) is 5.92 Å². The molecule has 2 aliphatic rings. The van der Waals surface area contributed by atoms with Crippen LogP contribution in [0, 0.1) is 5.92 Å². The topological polar surface area (TPSA) is 33.7 Å². The fraction of sp³-hybridized carbons (Fsp3) is 1.00. The Kier molecular flexibility index (Phi) is 7.28. The van der Waals surface area contributed by atoms with Gasteiger partial charge in [0.25, 0.3) is 0 Å². The summed E-state index contributed by atoms with van der Waals surface area (Å²) < 4.78 is 10.4. The number of nitrogens with zero attached hydrogens (tertiary/aromatic N) is 1. The van der Waals surface area contributed by atoms with Crippen LogP contribution < -0.4 is 5.32 Å². The Hall–Kier alpha value is -0.160. The maximum Gasteiger partial charge on any atom is 0.0589 e. The van der Waals surface area contributed by atoms with Gasteiger partial charge in [0.15, 0.2) is 0 Å². The van der Waals surface area contributed by atoms with Crippen LogP contribution in [0.3, 0.4) is 0 Å². The largest absolute Gasteiger partial charge is 0.385 e. The number of ether oxygens (including phenoxy) is 2. The third-order valence-corrected chi connectivity index (χ3v) is 4.86. The second-order valence-electron chi connectivity index (χ2n) is 6.44. The van der Waals surface area contributed by atoms with Crippen molar-refractivity contribution in [2.75, 3.05) is 47.1 Å². The highest BCUT2D eigenvalue weighted by atomic mass is 16.5. The van der Waals surface area contributed by atoms with E-state index >= 15 is 0 Å². The van der Waals surface area contributed by atoms with Crippen molar-refractivity contribution < 1.29 is 9.47 Å². The lowest BCUT2D eigenvalue weighted by atomic mass is 9.89. The van der Waals surface area contributed by atoms with E-state index in [4.69, 9.17) is 9.47 Å². The minimum atomic E-state index is 0.819. The molecule has 118 valence electrons. The molecule has 2 bridgehead atoms. The molecule has 2 aliphatic heterocycles. The Morgan fingerprint density at radius 3 is 2.30 bits per heavy atom. The molecule has 2 atom stereocenters. The van der Waals surface area contributed by atoms with E-state index < -0.39 is 0 Å². The maximum atomic E-state index is 5.23. The normalized spacial score (nSPS) is 29.2. The van der Waals surface area contributed by atoms with Gasteiger partial charge < -0.3 is 19.7 Å². The number of fused-ring (bicyclic) bond motifs is 2. The van der Waals surface area contributed by atoms with E-state index in [2.05, 4.69) is 10.2 Å². The van der Waals surface area contributed by atoms with E-state index in [-0.39, 0.29) is 0 Å². The first-order valence-corrected chi connectivity index (χ1v) is 8.28. The number of methoxy groups -OCH3 is 2. The molecule has 0 radical (unpaired) electrons. The number of hydrogen-bond acceptors (Lipinski definition) is 4. The van der Waals surface area contributed by atoms with Gasteiger partial charge in [0.1, 0.15) is 0 Å². The van der Waals surface area contributed by atoms with E-state index in [0.29, 0.717) is 0 Å². The Morgan fingerprint density at radius 1 is 0.950 bits per heavy atom. The summed E-state index contributed by atoms with van der Waals surface area (Å²) >= 11 is 0. The predicted molar refractivity (Wildman–Crippen MR) is 82.1 cm³/mol. The van der Waals surface area contributed by atoms with Crippen LogP contribution in [0.25, 0.3) is 0 Å². The lowest BCUT2D eigenvalue weighted by Crippen LogP contribution is -2.39. The molecule has 0 saturated carbocycles. The smallest absolute Gasteiger partial charge is 0.0589 e. The van der Waals surface area contributed by atoms with Crippen LogP contribution in [-0.2, 0) is 9.47 Å². The highest BCUT2D eigenvalue weighted by molar-refractivity contribution is 4.92. The number of piperidine rings is 1. The first-order valence-electron chi connectivity index (χ1n) is 8.28. The first kappa shape index (κ1) is 16.2. The Balaban J connectivity index is 1.67. The second-order valence-corrected chi connectivity index (χ2v) is 6.44. The fourth-order valence-corrected chi connectivity index (χ4v) is 3.76. The zero-order valence-corrected chi connectivity index (χ0v) is 13.3. The molecule has 0 aromatic carbocycles. The monoisotopic (exact) mass is 284 g/mol. The molecule has 2 heterocycles. The Morgan fingerprint density at radius 2 is 1.65 bits per heavy atom. The molecule has 0 amide bonds. The van der Waals surface area contributed by atoms with Gasteiger partial charge >= 0.3 is 0 Å². The quantitative estimate of drug-likeness (QED) is 0.621. The summed E-state index contributed by atoms with van der Waals surface area (Å²) in [7, 11) is 3.57. The van der Waals surface area contributed by atoms with Gasteiger partial charge in [0.2, 0.25) is 0 Å². The van der Waals surface area contributed by atoms with Crippen LogP contribution in [0.5, 0.6) is 0 Å². The van der Waals surface area contributed by atoms with E-state index in [0.717, 1.165) is 50.7 Å². The molecule has 0 aromatic heterocycles. The van der Waals surface area contributed by atoms with Crippen molar-refractivity contribution in [3.63, 3.8) is 0 Å². The first-order chi connectivity index (χ1) is 9.81. The van der Waals surface area contributed by atoms with Crippen LogP contribution in [0.2, 0.25) is 0 Å². The molecular formula is C16H32N2O2. The highest BCUT2D eigenvalue weighted by Gasteiger charge is 2.33. The van der Waals surface area contributed by atoms with Gasteiger partial charge in [-0.1, -0.05) is 0 Å². The molecule has 0 aromatic rings. The molecule has 2 unspecified atom stereocenters. The van der Waals surface area contributed by atoms with Crippen molar-refractivity contribution in [2.45, 2.75) is 50.6 Å². The third kappa shape index (κ3) is 5.32. The lowest BCUT2D eigenvalue weighted by Gasteiger charge is -2.31. The molecular weight excluding hydrogens is 252 g/mol. The molecule has 20 heavy (non-hydrogen) atoms. The van der Waals surface area contributed by atoms with Crippen LogP contribution in [0.1, 0.15) is 38.5 Å². The number of rotatable bonds is 10. The van der Waals surface area contributed by atoms with Crippen LogP contribution in [0.4, 0.5) is 0 Å². The van der Waals surface area contributed by atoms with Crippen molar-refractivity contribution in [3.05, 3.63) is 0 Å². The van der Waals surface area contributed by atoms with Gasteiger partial charge in [-0.25, -0.2) is 0 Å².